The number of hydrazone groups is 1. The third kappa shape index (κ3) is 8.08. The monoisotopic (exact) mass is 526 g/mol. The van der Waals surface area contributed by atoms with Crippen LogP contribution in [-0.4, -0.2) is 50.4 Å². The van der Waals surface area contributed by atoms with Crippen LogP contribution < -0.4 is 10.6 Å². The zero-order chi connectivity index (χ0) is 24.5. The molecule has 0 fully saturated rings. The highest BCUT2D eigenvalue weighted by molar-refractivity contribution is 8.14. The van der Waals surface area contributed by atoms with Crippen LogP contribution in [0.25, 0.3) is 0 Å². The fraction of sp³-hybridized carbons (Fsp3) is 0.292. The number of aromatic nitrogens is 2. The first-order valence-corrected chi connectivity index (χ1v) is 14.0. The van der Waals surface area contributed by atoms with Crippen LogP contribution in [0.5, 0.6) is 0 Å². The van der Waals surface area contributed by atoms with Gasteiger partial charge in [0.15, 0.2) is 5.17 Å². The highest BCUT2D eigenvalue weighted by Gasteiger charge is 2.25. The van der Waals surface area contributed by atoms with Crippen molar-refractivity contribution in [1.82, 2.24) is 20.5 Å². The average molecular weight is 527 g/mol. The Morgan fingerprint density at radius 2 is 1.57 bits per heavy atom. The van der Waals surface area contributed by atoms with Crippen molar-refractivity contribution in [3.63, 3.8) is 0 Å². The molecule has 3 aromatic rings. The van der Waals surface area contributed by atoms with Crippen LogP contribution in [0.2, 0.25) is 0 Å². The highest BCUT2D eigenvalue weighted by atomic mass is 32.2. The Morgan fingerprint density at radius 3 is 2.23 bits per heavy atom. The molecule has 0 bridgehead atoms. The topological polar surface area (TPSA) is 99.6 Å². The molecule has 182 valence electrons. The first-order valence-electron chi connectivity index (χ1n) is 11.1. The standard InChI is InChI=1S/C24H26N6O2S3/c1-30-22(35-24(29-30)26-20(32)15-18-10-6-3-7-11-18)12-13-33-16-21-27-28-23(34-21)25-19(31)14-17-8-4-2-5-9-17/h2-11,22H,12-16H2,1H3,(H,25,28,31)(H,26,29,32). The van der Waals surface area contributed by atoms with Crippen LogP contribution in [0, 0.1) is 0 Å². The van der Waals surface area contributed by atoms with Crippen LogP contribution >= 0.6 is 34.9 Å². The van der Waals surface area contributed by atoms with Crippen molar-refractivity contribution in [3.05, 3.63) is 76.8 Å². The first-order chi connectivity index (χ1) is 17.0. The molecular formula is C24H26N6O2S3. The molecule has 2 heterocycles. The molecule has 35 heavy (non-hydrogen) atoms. The molecule has 2 N–H and O–H groups in total. The zero-order valence-electron chi connectivity index (χ0n) is 19.2. The van der Waals surface area contributed by atoms with Gasteiger partial charge in [0, 0.05) is 12.8 Å². The van der Waals surface area contributed by atoms with Gasteiger partial charge in [-0.3, -0.25) is 14.6 Å². The highest BCUT2D eigenvalue weighted by Crippen LogP contribution is 2.28. The summed E-state index contributed by atoms with van der Waals surface area (Å²) in [7, 11) is 1.92. The molecule has 0 radical (unpaired) electrons. The number of hydrogen-bond donors (Lipinski definition) is 2. The van der Waals surface area contributed by atoms with E-state index in [1.807, 2.05) is 72.7 Å². The summed E-state index contributed by atoms with van der Waals surface area (Å²) in [6, 6.07) is 19.3. The number of hydrogen-bond acceptors (Lipinski definition) is 9. The Hall–Kier alpha value is -2.89. The summed E-state index contributed by atoms with van der Waals surface area (Å²) in [4.78, 5) is 24.5. The second-order valence-electron chi connectivity index (χ2n) is 7.81. The smallest absolute Gasteiger partial charge is 0.230 e. The molecule has 4 rings (SSSR count). The van der Waals surface area contributed by atoms with Crippen LogP contribution in [0.15, 0.2) is 65.8 Å². The molecule has 2 aromatic carbocycles. The number of amidine groups is 1. The van der Waals surface area contributed by atoms with E-state index in [1.165, 1.54) is 11.3 Å². The Balaban J connectivity index is 1.13. The number of nitrogens with zero attached hydrogens (tertiary/aromatic N) is 4. The second kappa shape index (κ2) is 12.7. The lowest BCUT2D eigenvalue weighted by molar-refractivity contribution is -0.119. The minimum atomic E-state index is -0.0977. The number of anilines is 1. The first kappa shape index (κ1) is 25.2. The molecule has 11 heteroatoms. The van der Waals surface area contributed by atoms with Gasteiger partial charge >= 0.3 is 0 Å². The van der Waals surface area contributed by atoms with Gasteiger partial charge in [0.05, 0.1) is 12.8 Å². The van der Waals surface area contributed by atoms with E-state index in [-0.39, 0.29) is 17.2 Å². The number of rotatable bonds is 10. The summed E-state index contributed by atoms with van der Waals surface area (Å²) in [5, 5.41) is 22.6. The number of benzene rings is 2. The van der Waals surface area contributed by atoms with Crippen LogP contribution in [0.1, 0.15) is 22.6 Å². The van der Waals surface area contributed by atoms with Crippen molar-refractivity contribution in [2.24, 2.45) is 5.10 Å². The van der Waals surface area contributed by atoms with Crippen LogP contribution in [0.3, 0.4) is 0 Å². The quantitative estimate of drug-likeness (QED) is 0.386. The Bertz CT molecular complexity index is 1160. The summed E-state index contributed by atoms with van der Waals surface area (Å²) < 4.78 is 0. The average Bonchev–Trinajstić information content (AvgIpc) is 3.43. The third-order valence-corrected chi connectivity index (χ3v) is 8.27. The lowest BCUT2D eigenvalue weighted by atomic mass is 10.1. The zero-order valence-corrected chi connectivity index (χ0v) is 21.7. The number of carbonyl (C=O) groups excluding carboxylic acids is 2. The number of nitrogens with one attached hydrogen (secondary N) is 2. The Kier molecular flexibility index (Phi) is 9.15. The SMILES string of the molecule is CN1N=C(NC(=O)Cc2ccccc2)SC1CCSCc1nnc(NC(=O)Cc2ccccc2)s1. The van der Waals surface area contributed by atoms with Gasteiger partial charge in [-0.05, 0) is 23.3 Å². The molecule has 1 aliphatic rings. The van der Waals surface area contributed by atoms with E-state index in [2.05, 4.69) is 25.9 Å². The second-order valence-corrected chi connectivity index (χ2v) is 11.1. The predicted octanol–water partition coefficient (Wildman–Crippen LogP) is 3.98. The molecule has 1 unspecified atom stereocenters. The summed E-state index contributed by atoms with van der Waals surface area (Å²) >= 11 is 4.74. The number of amides is 2. The van der Waals surface area contributed by atoms with Gasteiger partial charge in [-0.1, -0.05) is 83.8 Å². The maximum Gasteiger partial charge on any atom is 0.230 e. The fourth-order valence-electron chi connectivity index (χ4n) is 3.33. The van der Waals surface area contributed by atoms with Crippen molar-refractivity contribution in [2.45, 2.75) is 30.4 Å². The van der Waals surface area contributed by atoms with E-state index in [1.54, 1.807) is 23.5 Å². The molecule has 2 amide bonds. The van der Waals surface area contributed by atoms with Gasteiger partial charge in [-0.2, -0.15) is 16.9 Å². The summed E-state index contributed by atoms with van der Waals surface area (Å²) in [5.41, 5.74) is 1.94. The van der Waals surface area contributed by atoms with Gasteiger partial charge in [0.2, 0.25) is 16.9 Å². The lowest BCUT2D eigenvalue weighted by Gasteiger charge is -2.16. The largest absolute Gasteiger partial charge is 0.303 e. The van der Waals surface area contributed by atoms with Crippen LogP contribution in [0.4, 0.5) is 5.13 Å². The Morgan fingerprint density at radius 1 is 0.943 bits per heavy atom. The molecule has 1 aliphatic heterocycles. The van der Waals surface area contributed by atoms with Gasteiger partial charge in [0.25, 0.3) is 0 Å². The molecule has 0 saturated carbocycles. The van der Waals surface area contributed by atoms with E-state index < -0.39 is 0 Å². The summed E-state index contributed by atoms with van der Waals surface area (Å²) in [6.07, 6.45) is 1.56. The molecule has 1 aromatic heterocycles. The molecular weight excluding hydrogens is 501 g/mol. The van der Waals surface area contributed by atoms with Gasteiger partial charge in [0.1, 0.15) is 10.4 Å². The number of thioether (sulfide) groups is 2. The van der Waals surface area contributed by atoms with E-state index in [9.17, 15) is 9.59 Å². The van der Waals surface area contributed by atoms with E-state index in [4.69, 9.17) is 0 Å². The maximum absolute atomic E-state index is 12.3. The fourth-order valence-corrected chi connectivity index (χ4v) is 6.33. The third-order valence-electron chi connectivity index (χ3n) is 5.02. The van der Waals surface area contributed by atoms with Gasteiger partial charge < -0.3 is 10.6 Å². The van der Waals surface area contributed by atoms with E-state index >= 15 is 0 Å². The number of carbonyl (C=O) groups is 2. The molecule has 1 atom stereocenters. The Labute approximate surface area is 217 Å². The van der Waals surface area contributed by atoms with Crippen molar-refractivity contribution < 1.29 is 9.59 Å². The van der Waals surface area contributed by atoms with Gasteiger partial charge in [-0.15, -0.1) is 10.2 Å². The van der Waals surface area contributed by atoms with Crippen molar-refractivity contribution in [1.29, 1.82) is 0 Å². The summed E-state index contributed by atoms with van der Waals surface area (Å²) in [5.74, 6) is 1.49. The molecule has 0 aliphatic carbocycles. The van der Waals surface area contributed by atoms with Crippen LogP contribution in [-0.2, 0) is 28.2 Å². The molecule has 0 spiro atoms. The van der Waals surface area contributed by atoms with E-state index in [0.717, 1.165) is 34.1 Å². The molecule has 8 nitrogen and oxygen atoms in total. The van der Waals surface area contributed by atoms with Gasteiger partial charge in [-0.25, -0.2) is 0 Å². The van der Waals surface area contributed by atoms with E-state index in [0.29, 0.717) is 23.1 Å². The minimum absolute atomic E-state index is 0.0613. The molecule has 0 saturated heterocycles. The predicted molar refractivity (Wildman–Crippen MR) is 144 cm³/mol. The maximum atomic E-state index is 12.3. The van der Waals surface area contributed by atoms with Crippen molar-refractivity contribution in [3.8, 4) is 0 Å². The lowest BCUT2D eigenvalue weighted by Crippen LogP contribution is -2.29. The normalized spacial score (nSPS) is 15.1. The van der Waals surface area contributed by atoms with Crippen molar-refractivity contribution in [2.75, 3.05) is 18.1 Å². The summed E-state index contributed by atoms with van der Waals surface area (Å²) in [6.45, 7) is 0. The minimum Gasteiger partial charge on any atom is -0.303 e. The van der Waals surface area contributed by atoms with Crippen molar-refractivity contribution >= 4 is 57.0 Å².